The zero-order valence-electron chi connectivity index (χ0n) is 20.1. The summed E-state index contributed by atoms with van der Waals surface area (Å²) in [6.45, 7) is 4.74. The number of carbonyl (C=O) groups excluding carboxylic acids is 1. The molecule has 2 aromatic carbocycles. The Hall–Kier alpha value is -4.33. The number of benzene rings is 2. The average molecular weight is 483 g/mol. The Morgan fingerprint density at radius 3 is 2.47 bits per heavy atom. The van der Waals surface area contributed by atoms with E-state index in [0.29, 0.717) is 55.6 Å². The average Bonchev–Trinajstić information content (AvgIpc) is 2.92. The number of aryl methyl sites for hydroxylation is 1. The molecule has 1 fully saturated rings. The van der Waals surface area contributed by atoms with Crippen molar-refractivity contribution in [2.24, 2.45) is 0 Å². The van der Waals surface area contributed by atoms with E-state index in [-0.39, 0.29) is 11.7 Å². The quantitative estimate of drug-likeness (QED) is 0.443. The largest absolute Gasteiger partial charge is 0.366 e. The van der Waals surface area contributed by atoms with Crippen LogP contribution in [0.25, 0.3) is 11.4 Å². The van der Waals surface area contributed by atoms with Gasteiger partial charge in [-0.1, -0.05) is 42.0 Å². The van der Waals surface area contributed by atoms with E-state index in [9.17, 15) is 9.18 Å². The highest BCUT2D eigenvalue weighted by Crippen LogP contribution is 2.26. The number of para-hydroxylation sites is 1. The summed E-state index contributed by atoms with van der Waals surface area (Å²) in [6, 6.07) is 20.4. The highest BCUT2D eigenvalue weighted by molar-refractivity contribution is 5.99. The number of piperazine rings is 1. The molecule has 1 aliphatic heterocycles. The van der Waals surface area contributed by atoms with Crippen LogP contribution < -0.4 is 15.1 Å². The van der Waals surface area contributed by atoms with E-state index in [1.165, 1.54) is 6.07 Å². The van der Waals surface area contributed by atoms with Gasteiger partial charge in [-0.15, -0.1) is 0 Å². The van der Waals surface area contributed by atoms with Crippen LogP contribution >= 0.6 is 0 Å². The van der Waals surface area contributed by atoms with Gasteiger partial charge < -0.3 is 15.1 Å². The zero-order chi connectivity index (χ0) is 24.9. The van der Waals surface area contributed by atoms with Crippen molar-refractivity contribution in [1.29, 1.82) is 0 Å². The number of pyridine rings is 1. The number of hydrogen-bond acceptors (Lipinski definition) is 6. The molecule has 1 amide bonds. The number of carbonyl (C=O) groups is 1. The molecular formula is C28H27FN6O. The first-order valence-corrected chi connectivity index (χ1v) is 11.9. The molecule has 0 radical (unpaired) electrons. The number of amides is 1. The van der Waals surface area contributed by atoms with Gasteiger partial charge in [0.15, 0.2) is 5.82 Å². The molecule has 3 heterocycles. The Kier molecular flexibility index (Phi) is 6.84. The van der Waals surface area contributed by atoms with Gasteiger partial charge in [0.2, 0.25) is 0 Å². The van der Waals surface area contributed by atoms with Crippen molar-refractivity contribution in [2.75, 3.05) is 36.0 Å². The van der Waals surface area contributed by atoms with Gasteiger partial charge in [0.1, 0.15) is 17.2 Å². The maximum absolute atomic E-state index is 14.3. The Balaban J connectivity index is 1.41. The van der Waals surface area contributed by atoms with Gasteiger partial charge in [0, 0.05) is 44.1 Å². The minimum atomic E-state index is -0.261. The van der Waals surface area contributed by atoms with Gasteiger partial charge in [0.25, 0.3) is 5.91 Å². The fourth-order valence-corrected chi connectivity index (χ4v) is 4.33. The number of hydrogen-bond donors (Lipinski definition) is 1. The second-order valence-electron chi connectivity index (χ2n) is 8.73. The maximum atomic E-state index is 14.3. The van der Waals surface area contributed by atoms with Gasteiger partial charge in [-0.05, 0) is 37.3 Å². The van der Waals surface area contributed by atoms with Crippen LogP contribution in [0.1, 0.15) is 21.6 Å². The molecule has 182 valence electrons. The van der Waals surface area contributed by atoms with Crippen molar-refractivity contribution in [3.05, 3.63) is 102 Å². The van der Waals surface area contributed by atoms with Crippen molar-refractivity contribution in [3.8, 4) is 11.4 Å². The molecule has 4 aromatic rings. The van der Waals surface area contributed by atoms with Crippen molar-refractivity contribution in [1.82, 2.24) is 20.3 Å². The summed E-state index contributed by atoms with van der Waals surface area (Å²) in [4.78, 5) is 30.9. The molecule has 1 aliphatic rings. The van der Waals surface area contributed by atoms with Gasteiger partial charge in [-0.25, -0.2) is 14.4 Å². The van der Waals surface area contributed by atoms with Crippen LogP contribution in [0.2, 0.25) is 0 Å². The third-order valence-electron chi connectivity index (χ3n) is 6.22. The maximum Gasteiger partial charge on any atom is 0.256 e. The van der Waals surface area contributed by atoms with Crippen LogP contribution in [0.4, 0.5) is 15.9 Å². The van der Waals surface area contributed by atoms with Crippen molar-refractivity contribution < 1.29 is 9.18 Å². The fraction of sp³-hybridized carbons (Fsp3) is 0.214. The number of halogens is 1. The number of anilines is 2. The van der Waals surface area contributed by atoms with Crippen LogP contribution in [-0.2, 0) is 6.54 Å². The standard InChI is InChI=1S/C28H27FN6O/c1-20-7-6-8-21(17-20)26-31-19-23(28(36)32-18-22-9-4-5-12-30-22)27(33-26)35-15-13-34(14-16-35)25-11-3-2-10-24(25)29/h2-12,17,19H,13-16,18H2,1H3,(H,32,36). The lowest BCUT2D eigenvalue weighted by Crippen LogP contribution is -2.47. The highest BCUT2D eigenvalue weighted by atomic mass is 19.1. The van der Waals surface area contributed by atoms with Gasteiger partial charge >= 0.3 is 0 Å². The molecule has 0 aliphatic carbocycles. The first kappa shape index (κ1) is 23.4. The third kappa shape index (κ3) is 5.17. The molecule has 2 aromatic heterocycles. The molecule has 0 spiro atoms. The normalized spacial score (nSPS) is 13.5. The van der Waals surface area contributed by atoms with Crippen molar-refractivity contribution in [2.45, 2.75) is 13.5 Å². The molecule has 0 saturated carbocycles. The molecule has 0 bridgehead atoms. The predicted octanol–water partition coefficient (Wildman–Crippen LogP) is 4.24. The van der Waals surface area contributed by atoms with E-state index in [1.807, 2.05) is 60.4 Å². The minimum Gasteiger partial charge on any atom is -0.366 e. The number of nitrogens with one attached hydrogen (secondary N) is 1. The number of nitrogens with zero attached hydrogens (tertiary/aromatic N) is 5. The van der Waals surface area contributed by atoms with E-state index < -0.39 is 0 Å². The van der Waals surface area contributed by atoms with E-state index in [1.54, 1.807) is 24.5 Å². The SMILES string of the molecule is Cc1cccc(-c2ncc(C(=O)NCc3ccccn3)c(N3CCN(c4ccccc4F)CC3)n2)c1. The van der Waals surface area contributed by atoms with Crippen LogP contribution in [-0.4, -0.2) is 47.0 Å². The lowest BCUT2D eigenvalue weighted by molar-refractivity contribution is 0.0950. The predicted molar refractivity (Wildman–Crippen MR) is 138 cm³/mol. The number of aromatic nitrogens is 3. The monoisotopic (exact) mass is 482 g/mol. The van der Waals surface area contributed by atoms with E-state index in [4.69, 9.17) is 4.98 Å². The topological polar surface area (TPSA) is 74.2 Å². The second kappa shape index (κ2) is 10.5. The molecule has 7 nitrogen and oxygen atoms in total. The molecule has 0 unspecified atom stereocenters. The molecule has 1 saturated heterocycles. The summed E-state index contributed by atoms with van der Waals surface area (Å²) in [6.07, 6.45) is 3.29. The van der Waals surface area contributed by atoms with Gasteiger partial charge in [-0.2, -0.15) is 0 Å². The molecule has 36 heavy (non-hydrogen) atoms. The van der Waals surface area contributed by atoms with E-state index in [2.05, 4.69) is 20.2 Å². The molecule has 8 heteroatoms. The summed E-state index contributed by atoms with van der Waals surface area (Å²) in [7, 11) is 0. The van der Waals surface area contributed by atoms with Crippen LogP contribution in [0.5, 0.6) is 0 Å². The lowest BCUT2D eigenvalue weighted by Gasteiger charge is -2.37. The highest BCUT2D eigenvalue weighted by Gasteiger charge is 2.25. The van der Waals surface area contributed by atoms with E-state index in [0.717, 1.165) is 16.8 Å². The minimum absolute atomic E-state index is 0.232. The Morgan fingerprint density at radius 2 is 1.72 bits per heavy atom. The molecule has 1 N–H and O–H groups in total. The third-order valence-corrected chi connectivity index (χ3v) is 6.22. The molecule has 0 atom stereocenters. The van der Waals surface area contributed by atoms with Crippen LogP contribution in [0.3, 0.4) is 0 Å². The van der Waals surface area contributed by atoms with Gasteiger partial charge in [0.05, 0.1) is 17.9 Å². The Bertz CT molecular complexity index is 1360. The summed E-state index contributed by atoms with van der Waals surface area (Å²) >= 11 is 0. The molecular weight excluding hydrogens is 455 g/mol. The number of rotatable bonds is 6. The smallest absolute Gasteiger partial charge is 0.256 e. The van der Waals surface area contributed by atoms with E-state index >= 15 is 0 Å². The summed E-state index contributed by atoms with van der Waals surface area (Å²) in [5.74, 6) is 0.645. The summed E-state index contributed by atoms with van der Waals surface area (Å²) in [5, 5.41) is 2.94. The van der Waals surface area contributed by atoms with Gasteiger partial charge in [-0.3, -0.25) is 9.78 Å². The second-order valence-corrected chi connectivity index (χ2v) is 8.73. The summed E-state index contributed by atoms with van der Waals surface area (Å²) < 4.78 is 14.3. The first-order chi connectivity index (χ1) is 17.6. The lowest BCUT2D eigenvalue weighted by atomic mass is 10.1. The fourth-order valence-electron chi connectivity index (χ4n) is 4.33. The Labute approximate surface area is 209 Å². The van der Waals surface area contributed by atoms with Crippen molar-refractivity contribution in [3.63, 3.8) is 0 Å². The first-order valence-electron chi connectivity index (χ1n) is 11.9. The Morgan fingerprint density at radius 1 is 0.944 bits per heavy atom. The van der Waals surface area contributed by atoms with Crippen LogP contribution in [0, 0.1) is 12.7 Å². The molecule has 5 rings (SSSR count). The summed E-state index contributed by atoms with van der Waals surface area (Å²) in [5.41, 5.74) is 3.76. The zero-order valence-corrected chi connectivity index (χ0v) is 20.1. The van der Waals surface area contributed by atoms with Crippen molar-refractivity contribution >= 4 is 17.4 Å². The van der Waals surface area contributed by atoms with Crippen LogP contribution in [0.15, 0.2) is 79.1 Å².